The molecule has 0 spiro atoms. The number of carbonyl (C=O) groups is 2. The molecule has 15 heteroatoms. The van der Waals surface area contributed by atoms with Crippen LogP contribution in [0.3, 0.4) is 0 Å². The molecule has 2 aromatic rings. The third-order valence-electron chi connectivity index (χ3n) is 6.58. The molecule has 3 rings (SSSR count). The number of benzene rings is 1. The third kappa shape index (κ3) is 8.88. The summed E-state index contributed by atoms with van der Waals surface area (Å²) in [4.78, 5) is 40.2. The number of hydrogen-bond donors (Lipinski definition) is 4. The van der Waals surface area contributed by atoms with E-state index in [2.05, 4.69) is 10.1 Å². The Hall–Kier alpha value is -2.26. The lowest BCUT2D eigenvalue weighted by Crippen LogP contribution is -2.46. The number of nitrogens with zero attached hydrogens (tertiary/aromatic N) is 2. The summed E-state index contributed by atoms with van der Waals surface area (Å²) in [6, 6.07) is 10.5. The van der Waals surface area contributed by atoms with Gasteiger partial charge in [-0.15, -0.1) is 0 Å². The van der Waals surface area contributed by atoms with Crippen LogP contribution in [0.4, 0.5) is 0 Å². The molecule has 1 aromatic heterocycles. The summed E-state index contributed by atoms with van der Waals surface area (Å²) in [5.41, 5.74) is -2.64. The second kappa shape index (κ2) is 14.5. The first-order valence-corrected chi connectivity index (χ1v) is 15.8. The number of nitrogens with one attached hydrogen (secondary N) is 1. The van der Waals surface area contributed by atoms with E-state index >= 15 is 0 Å². The molecule has 0 bridgehead atoms. The molecule has 1 saturated heterocycles. The van der Waals surface area contributed by atoms with Crippen LogP contribution in [0.5, 0.6) is 0 Å². The van der Waals surface area contributed by atoms with Crippen molar-refractivity contribution in [3.05, 3.63) is 64.3 Å². The molecule has 4 N–H and O–H groups in total. The van der Waals surface area contributed by atoms with E-state index in [0.717, 1.165) is 21.9 Å². The zero-order valence-corrected chi connectivity index (χ0v) is 25.7. The van der Waals surface area contributed by atoms with Gasteiger partial charge in [-0.1, -0.05) is 42.1 Å². The van der Waals surface area contributed by atoms with E-state index in [1.54, 1.807) is 13.8 Å². The van der Waals surface area contributed by atoms with Gasteiger partial charge in [0.05, 0.1) is 30.9 Å². The molecule has 0 amide bonds. The maximum absolute atomic E-state index is 13.7. The van der Waals surface area contributed by atoms with Gasteiger partial charge in [0.25, 0.3) is 0 Å². The average molecular weight is 628 g/mol. The third-order valence-corrected chi connectivity index (χ3v) is 9.32. The van der Waals surface area contributed by atoms with Gasteiger partial charge in [0.15, 0.2) is 11.3 Å². The van der Waals surface area contributed by atoms with Gasteiger partial charge >= 0.3 is 13.4 Å². The summed E-state index contributed by atoms with van der Waals surface area (Å²) in [5.74, 6) is -0.0413. The quantitative estimate of drug-likeness (QED) is 0.165. The molecule has 2 heterocycles. The van der Waals surface area contributed by atoms with Crippen LogP contribution < -0.4 is 10.8 Å². The Balaban J connectivity index is 1.70. The number of hydrogen-bond acceptors (Lipinski definition) is 12. The fourth-order valence-corrected chi connectivity index (χ4v) is 6.23. The lowest BCUT2D eigenvalue weighted by molar-refractivity contribution is -0.120. The van der Waals surface area contributed by atoms with Crippen LogP contribution in [0, 0.1) is 5.41 Å². The van der Waals surface area contributed by atoms with Gasteiger partial charge < -0.3 is 20.1 Å². The molecule has 5 atom stereocenters. The molecule has 1 aromatic carbocycles. The number of rotatable bonds is 15. The SMILES string of the molecule is CC(=O)Cc1ccn([C@@H]2O[C@H](COP(=O)(NCc3ccccc3)OCCSC(=O)C(C)(C)CO)[C@@H](O)[C@@]2(C)O)c(=O)n1. The highest BCUT2D eigenvalue weighted by molar-refractivity contribution is 8.13. The maximum Gasteiger partial charge on any atom is 0.405 e. The monoisotopic (exact) mass is 627 g/mol. The number of Topliss-reactive ketones (excluding diaryl/α,β-unsaturated/α-hetero) is 1. The van der Waals surface area contributed by atoms with Gasteiger partial charge in [0.1, 0.15) is 23.6 Å². The first-order valence-electron chi connectivity index (χ1n) is 13.3. The average Bonchev–Trinajstić information content (AvgIpc) is 3.17. The Bertz CT molecular complexity index is 1340. The second-order valence-corrected chi connectivity index (χ2v) is 13.7. The van der Waals surface area contributed by atoms with Gasteiger partial charge in [0.2, 0.25) is 0 Å². The van der Waals surface area contributed by atoms with E-state index in [0.29, 0.717) is 0 Å². The summed E-state index contributed by atoms with van der Waals surface area (Å²) in [6.07, 6.45) is -2.85. The van der Waals surface area contributed by atoms with Crippen molar-refractivity contribution in [2.75, 3.05) is 25.6 Å². The Morgan fingerprint density at radius 2 is 1.93 bits per heavy atom. The van der Waals surface area contributed by atoms with E-state index < -0.39 is 49.5 Å². The van der Waals surface area contributed by atoms with Gasteiger partial charge in [-0.05, 0) is 39.3 Å². The number of aliphatic hydroxyl groups excluding tert-OH is 2. The summed E-state index contributed by atoms with van der Waals surface area (Å²) in [7, 11) is -4.04. The van der Waals surface area contributed by atoms with Crippen LogP contribution in [0.2, 0.25) is 0 Å². The number of aliphatic hydroxyl groups is 3. The van der Waals surface area contributed by atoms with E-state index in [1.165, 1.54) is 26.1 Å². The molecule has 232 valence electrons. The number of thioether (sulfide) groups is 1. The highest BCUT2D eigenvalue weighted by Crippen LogP contribution is 2.46. The fourth-order valence-electron chi connectivity index (χ4n) is 3.99. The smallest absolute Gasteiger partial charge is 0.395 e. The largest absolute Gasteiger partial charge is 0.405 e. The normalized spacial score (nSPS) is 23.9. The van der Waals surface area contributed by atoms with Crippen molar-refractivity contribution in [2.45, 2.75) is 64.7 Å². The number of ether oxygens (including phenoxy) is 1. The predicted octanol–water partition coefficient (Wildman–Crippen LogP) is 1.59. The van der Waals surface area contributed by atoms with Crippen molar-refractivity contribution in [3.8, 4) is 0 Å². The molecule has 13 nitrogen and oxygen atoms in total. The van der Waals surface area contributed by atoms with Crippen LogP contribution in [0.25, 0.3) is 0 Å². The van der Waals surface area contributed by atoms with Crippen molar-refractivity contribution in [3.63, 3.8) is 0 Å². The second-order valence-electron chi connectivity index (χ2n) is 10.8. The van der Waals surface area contributed by atoms with Crippen molar-refractivity contribution < 1.29 is 43.3 Å². The molecule has 1 aliphatic rings. The standard InChI is InChI=1S/C27H38N3O10PS/c1-18(32)14-20-10-11-30(25(35)29-20)23-27(4,36)22(33)21(40-23)16-39-41(37,28-15-19-8-6-5-7-9-19)38-12-13-42-24(34)26(2,3)17-31/h5-11,21-23,31,33,36H,12-17H2,1-4H3,(H,28,37)/t21-,22-,23-,27-,41?/m1/s1. The topological polar surface area (TPSA) is 187 Å². The minimum Gasteiger partial charge on any atom is -0.395 e. The molecule has 1 fully saturated rings. The van der Waals surface area contributed by atoms with Gasteiger partial charge in [-0.25, -0.2) is 14.4 Å². The summed E-state index contributed by atoms with van der Waals surface area (Å²) in [5, 5.41) is 33.8. The first kappa shape index (κ1) is 34.2. The van der Waals surface area contributed by atoms with E-state index in [1.807, 2.05) is 30.3 Å². The molecule has 1 aliphatic heterocycles. The Labute approximate surface area is 248 Å². The van der Waals surface area contributed by atoms with E-state index in [4.69, 9.17) is 13.8 Å². The Morgan fingerprint density at radius 3 is 2.55 bits per heavy atom. The highest BCUT2D eigenvalue weighted by atomic mass is 32.2. The molecule has 1 unspecified atom stereocenters. The number of carbonyl (C=O) groups excluding carboxylic acids is 2. The zero-order valence-electron chi connectivity index (χ0n) is 24.0. The van der Waals surface area contributed by atoms with Crippen LogP contribution in [-0.4, -0.2) is 79.2 Å². The Morgan fingerprint density at radius 1 is 1.24 bits per heavy atom. The predicted molar refractivity (Wildman–Crippen MR) is 155 cm³/mol. The van der Waals surface area contributed by atoms with Crippen molar-refractivity contribution in [1.82, 2.24) is 14.6 Å². The van der Waals surface area contributed by atoms with Crippen LogP contribution >= 0.6 is 19.5 Å². The molecule has 0 aliphatic carbocycles. The Kier molecular flexibility index (Phi) is 11.8. The maximum atomic E-state index is 13.7. The van der Waals surface area contributed by atoms with Crippen LogP contribution in [-0.2, 0) is 40.9 Å². The summed E-state index contributed by atoms with van der Waals surface area (Å²) in [6.45, 7) is 5.04. The van der Waals surface area contributed by atoms with Crippen molar-refractivity contribution in [2.24, 2.45) is 5.41 Å². The number of aromatic nitrogens is 2. The van der Waals surface area contributed by atoms with Gasteiger partial charge in [-0.2, -0.15) is 4.98 Å². The van der Waals surface area contributed by atoms with Crippen molar-refractivity contribution >= 4 is 30.4 Å². The molecule has 42 heavy (non-hydrogen) atoms. The number of ketones is 1. The first-order chi connectivity index (χ1) is 19.7. The summed E-state index contributed by atoms with van der Waals surface area (Å²) >= 11 is 0.927. The zero-order chi connectivity index (χ0) is 31.1. The molecule has 0 saturated carbocycles. The van der Waals surface area contributed by atoms with E-state index in [-0.39, 0.29) is 48.5 Å². The highest BCUT2D eigenvalue weighted by Gasteiger charge is 2.54. The summed E-state index contributed by atoms with van der Waals surface area (Å²) < 4.78 is 31.6. The van der Waals surface area contributed by atoms with E-state index in [9.17, 15) is 34.3 Å². The minimum absolute atomic E-state index is 0.0335. The lowest BCUT2D eigenvalue weighted by atomic mass is 9.96. The fraction of sp³-hybridized carbons (Fsp3) is 0.556. The van der Waals surface area contributed by atoms with Gasteiger partial charge in [0, 0.05) is 24.9 Å². The molecular formula is C27H38N3O10PS. The van der Waals surface area contributed by atoms with Crippen LogP contribution in [0.15, 0.2) is 47.4 Å². The minimum atomic E-state index is -4.04. The molecular weight excluding hydrogens is 589 g/mol. The van der Waals surface area contributed by atoms with Crippen LogP contribution in [0.1, 0.15) is 45.2 Å². The van der Waals surface area contributed by atoms with Crippen molar-refractivity contribution in [1.29, 1.82) is 0 Å². The molecule has 0 radical (unpaired) electrons. The van der Waals surface area contributed by atoms with Gasteiger partial charge in [-0.3, -0.25) is 23.2 Å². The lowest BCUT2D eigenvalue weighted by Gasteiger charge is -2.27.